The summed E-state index contributed by atoms with van der Waals surface area (Å²) in [6, 6.07) is 18.6. The molecule has 0 saturated carbocycles. The first-order valence-corrected chi connectivity index (χ1v) is 12.7. The Morgan fingerprint density at radius 3 is 2.70 bits per heavy atom. The Kier molecular flexibility index (Phi) is 6.50. The molecule has 4 aromatic rings. The van der Waals surface area contributed by atoms with Gasteiger partial charge in [-0.2, -0.15) is 0 Å². The van der Waals surface area contributed by atoms with E-state index in [9.17, 15) is 9.90 Å². The Labute approximate surface area is 217 Å². The lowest BCUT2D eigenvalue weighted by atomic mass is 9.84. The molecule has 2 heterocycles. The van der Waals surface area contributed by atoms with E-state index in [1.54, 1.807) is 4.68 Å². The zero-order chi connectivity index (χ0) is 26.3. The van der Waals surface area contributed by atoms with Gasteiger partial charge in [0.05, 0.1) is 11.9 Å². The molecule has 0 saturated heterocycles. The Morgan fingerprint density at radius 2 is 1.92 bits per heavy atom. The summed E-state index contributed by atoms with van der Waals surface area (Å²) in [5.74, 6) is -0.168. The van der Waals surface area contributed by atoms with Gasteiger partial charge >= 0.3 is 5.97 Å². The van der Waals surface area contributed by atoms with Gasteiger partial charge in [-0.3, -0.25) is 9.69 Å². The van der Waals surface area contributed by atoms with Crippen LogP contribution in [-0.4, -0.2) is 43.1 Å². The Hall–Kier alpha value is -3.71. The molecule has 0 amide bonds. The standard InChI is InChI=1S/C30H34N4O3/c1-19-10-11-21(25(15-28(35)36)24-12-13-26-29(20(24)2)31-32-33(26)5)14-23(19)17-34-16-22-8-6-7-9-27(22)37-30(3,4)18-34/h6-14,25H,15-18H2,1-5H3,(H,35,36)/t25-/m0/s1. The van der Waals surface area contributed by atoms with Crippen LogP contribution in [0.5, 0.6) is 5.75 Å². The zero-order valence-electron chi connectivity index (χ0n) is 22.2. The van der Waals surface area contributed by atoms with Crippen molar-refractivity contribution in [3.05, 3.63) is 88.0 Å². The lowest BCUT2D eigenvalue weighted by Crippen LogP contribution is -2.40. The van der Waals surface area contributed by atoms with Gasteiger partial charge in [0.15, 0.2) is 0 Å². The van der Waals surface area contributed by atoms with E-state index in [1.165, 1.54) is 16.7 Å². The predicted octanol–water partition coefficient (Wildman–Crippen LogP) is 5.36. The number of hydrogen-bond donors (Lipinski definition) is 1. The molecule has 0 bridgehead atoms. The van der Waals surface area contributed by atoms with Crippen LogP contribution in [0.4, 0.5) is 0 Å². The van der Waals surface area contributed by atoms with Gasteiger partial charge < -0.3 is 9.84 Å². The average Bonchev–Trinajstić information content (AvgIpc) is 3.15. The highest BCUT2D eigenvalue weighted by molar-refractivity contribution is 5.80. The van der Waals surface area contributed by atoms with E-state index in [0.29, 0.717) is 0 Å². The third kappa shape index (κ3) is 5.09. The van der Waals surface area contributed by atoms with Gasteiger partial charge in [0.2, 0.25) is 0 Å². The number of fused-ring (bicyclic) bond motifs is 2. The molecule has 0 spiro atoms. The maximum Gasteiger partial charge on any atom is 0.304 e. The van der Waals surface area contributed by atoms with Crippen LogP contribution in [-0.2, 0) is 24.9 Å². The van der Waals surface area contributed by atoms with E-state index in [4.69, 9.17) is 4.74 Å². The van der Waals surface area contributed by atoms with E-state index in [0.717, 1.165) is 53.1 Å². The molecule has 1 aromatic heterocycles. The van der Waals surface area contributed by atoms with Crippen LogP contribution in [0, 0.1) is 13.8 Å². The number of nitrogens with zero attached hydrogens (tertiary/aromatic N) is 4. The fourth-order valence-corrected chi connectivity index (χ4v) is 5.54. The minimum Gasteiger partial charge on any atom is -0.486 e. The number of carboxylic acids is 1. The topological polar surface area (TPSA) is 80.5 Å². The van der Waals surface area contributed by atoms with Gasteiger partial charge in [-0.1, -0.05) is 47.7 Å². The number of aryl methyl sites for hydroxylation is 3. The molecule has 0 radical (unpaired) electrons. The number of carboxylic acid groups (broad SMARTS) is 1. The average molecular weight is 499 g/mol. The van der Waals surface area contributed by atoms with E-state index >= 15 is 0 Å². The number of ether oxygens (including phenoxy) is 1. The molecular formula is C30H34N4O3. The molecule has 7 heteroatoms. The van der Waals surface area contributed by atoms with Crippen LogP contribution in [0.3, 0.4) is 0 Å². The van der Waals surface area contributed by atoms with E-state index in [-0.39, 0.29) is 17.9 Å². The van der Waals surface area contributed by atoms with Crippen LogP contribution in [0.25, 0.3) is 11.0 Å². The van der Waals surface area contributed by atoms with Crippen molar-refractivity contribution in [1.82, 2.24) is 19.9 Å². The van der Waals surface area contributed by atoms with Gasteiger partial charge in [-0.25, -0.2) is 4.68 Å². The highest BCUT2D eigenvalue weighted by Crippen LogP contribution is 2.35. The first kappa shape index (κ1) is 25.0. The second-order valence-electron chi connectivity index (χ2n) is 10.8. The lowest BCUT2D eigenvalue weighted by Gasteiger charge is -2.30. The summed E-state index contributed by atoms with van der Waals surface area (Å²) in [5.41, 5.74) is 7.94. The molecule has 5 rings (SSSR count). The maximum absolute atomic E-state index is 12.0. The third-order valence-electron chi connectivity index (χ3n) is 7.36. The summed E-state index contributed by atoms with van der Waals surface area (Å²) in [7, 11) is 1.86. The molecule has 0 aliphatic carbocycles. The van der Waals surface area contributed by atoms with Crippen LogP contribution >= 0.6 is 0 Å². The monoisotopic (exact) mass is 498 g/mol. The summed E-state index contributed by atoms with van der Waals surface area (Å²) in [5, 5.41) is 18.3. The van der Waals surface area contributed by atoms with Gasteiger partial charge in [0.25, 0.3) is 0 Å². The molecule has 0 unspecified atom stereocenters. The molecule has 7 nitrogen and oxygen atoms in total. The van der Waals surface area contributed by atoms with Gasteiger partial charge in [-0.15, -0.1) is 5.10 Å². The van der Waals surface area contributed by atoms with Crippen molar-refractivity contribution in [2.24, 2.45) is 7.05 Å². The summed E-state index contributed by atoms with van der Waals surface area (Å²) in [4.78, 5) is 14.4. The van der Waals surface area contributed by atoms with Crippen molar-refractivity contribution in [2.45, 2.75) is 58.7 Å². The first-order chi connectivity index (χ1) is 17.6. The fraction of sp³-hybridized carbons (Fsp3) is 0.367. The number of hydrogen-bond acceptors (Lipinski definition) is 5. The molecule has 0 fully saturated rings. The molecule has 1 N–H and O–H groups in total. The first-order valence-electron chi connectivity index (χ1n) is 12.7. The van der Waals surface area contributed by atoms with Gasteiger partial charge in [0.1, 0.15) is 16.9 Å². The van der Waals surface area contributed by atoms with Gasteiger partial charge in [-0.05, 0) is 67.6 Å². The predicted molar refractivity (Wildman–Crippen MR) is 144 cm³/mol. The summed E-state index contributed by atoms with van der Waals surface area (Å²) >= 11 is 0. The highest BCUT2D eigenvalue weighted by Gasteiger charge is 2.29. The van der Waals surface area contributed by atoms with E-state index < -0.39 is 5.97 Å². The quantitative estimate of drug-likeness (QED) is 0.385. The molecule has 3 aromatic carbocycles. The number of carbonyl (C=O) groups is 1. The smallest absolute Gasteiger partial charge is 0.304 e. The van der Waals surface area contributed by atoms with Gasteiger partial charge in [0, 0.05) is 38.2 Å². The second kappa shape index (κ2) is 9.63. The fourth-order valence-electron chi connectivity index (χ4n) is 5.54. The number of benzene rings is 3. The summed E-state index contributed by atoms with van der Waals surface area (Å²) in [6.07, 6.45) is 0.00701. The molecule has 1 aliphatic rings. The lowest BCUT2D eigenvalue weighted by molar-refractivity contribution is -0.137. The number of rotatable bonds is 6. The number of aliphatic carboxylic acids is 1. The van der Waals surface area contributed by atoms with Crippen molar-refractivity contribution in [1.29, 1.82) is 0 Å². The Bertz CT molecular complexity index is 1470. The van der Waals surface area contributed by atoms with Crippen LogP contribution < -0.4 is 4.74 Å². The van der Waals surface area contributed by atoms with Crippen molar-refractivity contribution >= 4 is 17.0 Å². The summed E-state index contributed by atoms with van der Waals surface area (Å²) < 4.78 is 8.08. The molecular weight excluding hydrogens is 464 g/mol. The van der Waals surface area contributed by atoms with Crippen LogP contribution in [0.15, 0.2) is 54.6 Å². The molecule has 1 atom stereocenters. The normalized spacial score (nSPS) is 16.1. The third-order valence-corrected chi connectivity index (χ3v) is 7.36. The SMILES string of the molecule is Cc1ccc([C@H](CC(=O)O)c2ccc3c(nnn3C)c2C)cc1CN1Cc2ccccc2OC(C)(C)C1. The van der Waals surface area contributed by atoms with E-state index in [1.807, 2.05) is 38.2 Å². The van der Waals surface area contributed by atoms with Crippen molar-refractivity contribution in [2.75, 3.05) is 6.54 Å². The molecule has 192 valence electrons. The zero-order valence-corrected chi connectivity index (χ0v) is 22.2. The Balaban J connectivity index is 1.51. The summed E-state index contributed by atoms with van der Waals surface area (Å²) in [6.45, 7) is 10.7. The highest BCUT2D eigenvalue weighted by atomic mass is 16.5. The van der Waals surface area contributed by atoms with Crippen LogP contribution in [0.2, 0.25) is 0 Å². The van der Waals surface area contributed by atoms with Crippen molar-refractivity contribution in [3.8, 4) is 5.75 Å². The molecule has 37 heavy (non-hydrogen) atoms. The Morgan fingerprint density at radius 1 is 1.14 bits per heavy atom. The number of aromatic nitrogens is 3. The minimum absolute atomic E-state index is 0.00701. The van der Waals surface area contributed by atoms with E-state index in [2.05, 4.69) is 66.3 Å². The van der Waals surface area contributed by atoms with Crippen molar-refractivity contribution < 1.29 is 14.6 Å². The maximum atomic E-state index is 12.0. The van der Waals surface area contributed by atoms with Crippen LogP contribution in [0.1, 0.15) is 59.6 Å². The van der Waals surface area contributed by atoms with Crippen molar-refractivity contribution in [3.63, 3.8) is 0 Å². The minimum atomic E-state index is -0.825. The number of para-hydroxylation sites is 1. The molecule has 1 aliphatic heterocycles. The second-order valence-corrected chi connectivity index (χ2v) is 10.8. The largest absolute Gasteiger partial charge is 0.486 e.